The molecule has 20 heavy (non-hydrogen) atoms. The fourth-order valence-electron chi connectivity index (χ4n) is 1.84. The van der Waals surface area contributed by atoms with Gasteiger partial charge in [0.05, 0.1) is 6.20 Å². The van der Waals surface area contributed by atoms with Crippen LogP contribution in [0.5, 0.6) is 0 Å². The number of hydrogen-bond acceptors (Lipinski definition) is 4. The maximum atomic E-state index is 12.1. The van der Waals surface area contributed by atoms with E-state index >= 15 is 0 Å². The molecule has 1 N–H and O–H groups in total. The van der Waals surface area contributed by atoms with Crippen LogP contribution in [0.15, 0.2) is 60.4 Å². The van der Waals surface area contributed by atoms with E-state index in [1.165, 1.54) is 18.6 Å². The molecule has 4 nitrogen and oxygen atoms in total. The van der Waals surface area contributed by atoms with Gasteiger partial charge in [0.2, 0.25) is 0 Å². The fraction of sp³-hybridized carbons (Fsp3) is 0. The highest BCUT2D eigenvalue weighted by Crippen LogP contribution is 2.31. The van der Waals surface area contributed by atoms with Crippen LogP contribution in [0, 0.1) is 0 Å². The van der Waals surface area contributed by atoms with Gasteiger partial charge in [-0.3, -0.25) is 9.78 Å². The van der Waals surface area contributed by atoms with Crippen LogP contribution in [0.25, 0.3) is 10.4 Å². The summed E-state index contributed by atoms with van der Waals surface area (Å²) in [6.45, 7) is 0. The Morgan fingerprint density at radius 2 is 2.00 bits per heavy atom. The lowest BCUT2D eigenvalue weighted by atomic mass is 10.1. The van der Waals surface area contributed by atoms with Crippen molar-refractivity contribution in [3.8, 4) is 10.4 Å². The summed E-state index contributed by atoms with van der Waals surface area (Å²) in [6, 6.07) is 11.7. The van der Waals surface area contributed by atoms with Crippen LogP contribution in [0.2, 0.25) is 0 Å². The molecule has 0 atom stereocenters. The minimum Gasteiger partial charge on any atom is -0.320 e. The lowest BCUT2D eigenvalue weighted by molar-refractivity contribution is 0.102. The predicted molar refractivity (Wildman–Crippen MR) is 79.7 cm³/mol. The number of nitrogens with one attached hydrogen (secondary N) is 1. The van der Waals surface area contributed by atoms with Gasteiger partial charge in [0.15, 0.2) is 0 Å². The molecule has 5 heteroatoms. The van der Waals surface area contributed by atoms with E-state index in [2.05, 4.69) is 15.3 Å². The summed E-state index contributed by atoms with van der Waals surface area (Å²) >= 11 is 1.63. The van der Waals surface area contributed by atoms with Crippen LogP contribution in [0.3, 0.4) is 0 Å². The summed E-state index contributed by atoms with van der Waals surface area (Å²) < 4.78 is 0. The number of carbonyl (C=O) groups is 1. The Morgan fingerprint density at radius 3 is 2.75 bits per heavy atom. The third kappa shape index (κ3) is 2.57. The highest BCUT2D eigenvalue weighted by atomic mass is 32.1. The predicted octanol–water partition coefficient (Wildman–Crippen LogP) is 3.46. The van der Waals surface area contributed by atoms with Crippen molar-refractivity contribution in [1.29, 1.82) is 0 Å². The first-order valence-corrected chi connectivity index (χ1v) is 6.93. The monoisotopic (exact) mass is 281 g/mol. The summed E-state index contributed by atoms with van der Waals surface area (Å²) in [7, 11) is 0. The average Bonchev–Trinajstić information content (AvgIpc) is 3.03. The molecule has 0 aliphatic heterocycles. The summed E-state index contributed by atoms with van der Waals surface area (Å²) in [5.41, 5.74) is 2.07. The molecule has 0 aliphatic carbocycles. The molecule has 1 amide bonds. The van der Waals surface area contributed by atoms with Crippen LogP contribution < -0.4 is 5.32 Å². The van der Waals surface area contributed by atoms with Crippen molar-refractivity contribution in [3.63, 3.8) is 0 Å². The Balaban J connectivity index is 1.90. The number of aromatic nitrogens is 2. The maximum Gasteiger partial charge on any atom is 0.275 e. The van der Waals surface area contributed by atoms with Crippen LogP contribution in [-0.2, 0) is 0 Å². The number of thiophene rings is 1. The quantitative estimate of drug-likeness (QED) is 0.800. The highest BCUT2D eigenvalue weighted by Gasteiger charge is 2.11. The van der Waals surface area contributed by atoms with E-state index in [9.17, 15) is 4.79 Å². The molecule has 0 radical (unpaired) electrons. The molecule has 0 spiro atoms. The molecule has 3 rings (SSSR count). The van der Waals surface area contributed by atoms with E-state index in [4.69, 9.17) is 0 Å². The standard InChI is InChI=1S/C15H11N3OS/c19-15(13-10-16-7-8-17-13)18-12-5-2-1-4-11(12)14-6-3-9-20-14/h1-10H,(H,18,19). The smallest absolute Gasteiger partial charge is 0.275 e. The Kier molecular flexibility index (Phi) is 3.52. The lowest BCUT2D eigenvalue weighted by Crippen LogP contribution is -2.14. The van der Waals surface area contributed by atoms with Gasteiger partial charge < -0.3 is 5.32 Å². The van der Waals surface area contributed by atoms with Crippen molar-refractivity contribution in [2.45, 2.75) is 0 Å². The molecule has 2 heterocycles. The van der Waals surface area contributed by atoms with Gasteiger partial charge in [0.1, 0.15) is 5.69 Å². The van der Waals surface area contributed by atoms with Crippen molar-refractivity contribution in [3.05, 3.63) is 66.1 Å². The van der Waals surface area contributed by atoms with Crippen LogP contribution in [-0.4, -0.2) is 15.9 Å². The zero-order valence-corrected chi connectivity index (χ0v) is 11.3. The summed E-state index contributed by atoms with van der Waals surface area (Å²) in [5, 5.41) is 4.89. The number of hydrogen-bond donors (Lipinski definition) is 1. The second-order valence-electron chi connectivity index (χ2n) is 4.07. The number of amides is 1. The largest absolute Gasteiger partial charge is 0.320 e. The first kappa shape index (κ1) is 12.5. The number of carbonyl (C=O) groups excluding carboxylic acids is 1. The van der Waals surface area contributed by atoms with Gasteiger partial charge in [-0.2, -0.15) is 0 Å². The molecule has 0 bridgehead atoms. The van der Waals surface area contributed by atoms with Crippen molar-refractivity contribution >= 4 is 22.9 Å². The van der Waals surface area contributed by atoms with Gasteiger partial charge in [-0.1, -0.05) is 24.3 Å². The Morgan fingerprint density at radius 1 is 1.10 bits per heavy atom. The molecule has 0 fully saturated rings. The van der Waals surface area contributed by atoms with E-state index in [0.29, 0.717) is 5.69 Å². The minimum atomic E-state index is -0.262. The number of benzene rings is 1. The molecule has 1 aromatic carbocycles. The molecular weight excluding hydrogens is 270 g/mol. The lowest BCUT2D eigenvalue weighted by Gasteiger charge is -2.09. The second-order valence-corrected chi connectivity index (χ2v) is 5.02. The number of anilines is 1. The van der Waals surface area contributed by atoms with Gasteiger partial charge >= 0.3 is 0 Å². The zero-order chi connectivity index (χ0) is 13.8. The molecule has 3 aromatic rings. The first-order chi connectivity index (χ1) is 9.84. The SMILES string of the molecule is O=C(Nc1ccccc1-c1cccs1)c1cnccn1. The van der Waals surface area contributed by atoms with Gasteiger partial charge in [-0.15, -0.1) is 11.3 Å². The third-order valence-corrected chi connectivity index (χ3v) is 3.66. The zero-order valence-electron chi connectivity index (χ0n) is 10.5. The van der Waals surface area contributed by atoms with Crippen LogP contribution in [0.4, 0.5) is 5.69 Å². The third-order valence-electron chi connectivity index (χ3n) is 2.76. The van der Waals surface area contributed by atoms with E-state index < -0.39 is 0 Å². The fourth-order valence-corrected chi connectivity index (χ4v) is 2.61. The summed E-state index contributed by atoms with van der Waals surface area (Å²) in [6.07, 6.45) is 4.49. The Labute approximate surface area is 120 Å². The highest BCUT2D eigenvalue weighted by molar-refractivity contribution is 7.13. The second kappa shape index (κ2) is 5.63. The van der Waals surface area contributed by atoms with Gasteiger partial charge in [0.25, 0.3) is 5.91 Å². The first-order valence-electron chi connectivity index (χ1n) is 6.05. The summed E-state index contributed by atoms with van der Waals surface area (Å²) in [5.74, 6) is -0.262. The average molecular weight is 281 g/mol. The van der Waals surface area contributed by atoms with E-state index in [0.717, 1.165) is 16.1 Å². The normalized spacial score (nSPS) is 10.2. The minimum absolute atomic E-state index is 0.262. The Bertz CT molecular complexity index is 711. The van der Waals surface area contributed by atoms with Gasteiger partial charge in [-0.05, 0) is 17.5 Å². The molecular formula is C15H11N3OS. The van der Waals surface area contributed by atoms with Crippen molar-refractivity contribution in [1.82, 2.24) is 9.97 Å². The maximum absolute atomic E-state index is 12.1. The molecule has 0 saturated heterocycles. The number of para-hydroxylation sites is 1. The van der Waals surface area contributed by atoms with Gasteiger partial charge in [-0.25, -0.2) is 4.98 Å². The molecule has 2 aromatic heterocycles. The molecule has 0 unspecified atom stereocenters. The van der Waals surface area contributed by atoms with Crippen molar-refractivity contribution in [2.75, 3.05) is 5.32 Å². The van der Waals surface area contributed by atoms with Crippen molar-refractivity contribution < 1.29 is 4.79 Å². The van der Waals surface area contributed by atoms with Crippen LogP contribution in [0.1, 0.15) is 10.5 Å². The van der Waals surface area contributed by atoms with E-state index in [-0.39, 0.29) is 5.91 Å². The molecule has 98 valence electrons. The van der Waals surface area contributed by atoms with E-state index in [1.54, 1.807) is 11.3 Å². The Hall–Kier alpha value is -2.53. The molecule has 0 saturated carbocycles. The van der Waals surface area contributed by atoms with Crippen molar-refractivity contribution in [2.24, 2.45) is 0 Å². The number of rotatable bonds is 3. The number of nitrogens with zero attached hydrogens (tertiary/aromatic N) is 2. The van der Waals surface area contributed by atoms with E-state index in [1.807, 2.05) is 41.8 Å². The topological polar surface area (TPSA) is 54.9 Å². The summed E-state index contributed by atoms with van der Waals surface area (Å²) in [4.78, 5) is 21.1. The van der Waals surface area contributed by atoms with Gasteiger partial charge in [0, 0.05) is 28.5 Å². The molecule has 0 aliphatic rings. The van der Waals surface area contributed by atoms with Crippen LogP contribution >= 0.6 is 11.3 Å².